The summed E-state index contributed by atoms with van der Waals surface area (Å²) in [6, 6.07) is 4.06. The summed E-state index contributed by atoms with van der Waals surface area (Å²) in [6.07, 6.45) is 5.11. The van der Waals surface area contributed by atoms with Crippen LogP contribution in [0.25, 0.3) is 0 Å². The number of carbonyl (C=O) groups is 1. The summed E-state index contributed by atoms with van der Waals surface area (Å²) in [4.78, 5) is 14.2. The van der Waals surface area contributed by atoms with Gasteiger partial charge in [-0.05, 0) is 74.8 Å². The lowest BCUT2D eigenvalue weighted by molar-refractivity contribution is 0.0535. The van der Waals surface area contributed by atoms with Crippen LogP contribution < -0.4 is 5.32 Å². The Morgan fingerprint density at radius 2 is 2.09 bits per heavy atom. The molecular weight excluding hydrogens is 288 g/mol. The Morgan fingerprint density at radius 3 is 2.83 bits per heavy atom. The molecule has 2 saturated heterocycles. The number of likely N-dealkylation sites (tertiary alicyclic amines) is 1. The molecule has 1 aromatic carbocycles. The van der Waals surface area contributed by atoms with E-state index in [0.29, 0.717) is 12.0 Å². The van der Waals surface area contributed by atoms with E-state index in [1.54, 1.807) is 0 Å². The van der Waals surface area contributed by atoms with Gasteiger partial charge in [0.15, 0.2) is 0 Å². The Hall–Kier alpha value is -1.39. The molecule has 3 aliphatic heterocycles. The highest BCUT2D eigenvalue weighted by molar-refractivity contribution is 5.93. The SMILES string of the molecule is Cc1c(CCN2CCC3(CCNC3)CC2)ccc2c1COC2=O. The van der Waals surface area contributed by atoms with Gasteiger partial charge >= 0.3 is 5.97 Å². The number of esters is 1. The molecule has 0 bridgehead atoms. The number of carbonyl (C=O) groups excluding carboxylic acids is 1. The second-order valence-corrected chi connectivity index (χ2v) is 7.47. The third-order valence-electron chi connectivity index (χ3n) is 6.22. The smallest absolute Gasteiger partial charge is 0.338 e. The fourth-order valence-corrected chi connectivity index (χ4v) is 4.42. The lowest BCUT2D eigenvalue weighted by Crippen LogP contribution is -2.41. The van der Waals surface area contributed by atoms with Crippen molar-refractivity contribution in [1.82, 2.24) is 10.2 Å². The lowest BCUT2D eigenvalue weighted by atomic mass is 9.78. The van der Waals surface area contributed by atoms with Crippen LogP contribution in [-0.4, -0.2) is 43.6 Å². The number of hydrogen-bond donors (Lipinski definition) is 1. The predicted molar refractivity (Wildman–Crippen MR) is 89.6 cm³/mol. The number of benzene rings is 1. The Bertz CT molecular complexity index is 610. The topological polar surface area (TPSA) is 41.6 Å². The second-order valence-electron chi connectivity index (χ2n) is 7.47. The number of piperidine rings is 1. The Kier molecular flexibility index (Phi) is 3.90. The molecule has 0 aliphatic carbocycles. The fraction of sp³-hybridized carbons (Fsp3) is 0.632. The van der Waals surface area contributed by atoms with E-state index >= 15 is 0 Å². The zero-order valence-electron chi connectivity index (χ0n) is 14.0. The van der Waals surface area contributed by atoms with Gasteiger partial charge in [0.05, 0.1) is 5.56 Å². The van der Waals surface area contributed by atoms with Crippen LogP contribution in [-0.2, 0) is 17.8 Å². The summed E-state index contributed by atoms with van der Waals surface area (Å²) in [5.41, 5.74) is 5.08. The zero-order valence-corrected chi connectivity index (χ0v) is 14.0. The maximum Gasteiger partial charge on any atom is 0.338 e. The van der Waals surface area contributed by atoms with Crippen molar-refractivity contribution in [3.05, 3.63) is 34.4 Å². The van der Waals surface area contributed by atoms with Crippen LogP contribution in [0.15, 0.2) is 12.1 Å². The van der Waals surface area contributed by atoms with Crippen molar-refractivity contribution in [1.29, 1.82) is 0 Å². The molecule has 1 N–H and O–H groups in total. The number of hydrogen-bond acceptors (Lipinski definition) is 4. The minimum Gasteiger partial charge on any atom is -0.457 e. The third-order valence-corrected chi connectivity index (χ3v) is 6.22. The highest BCUT2D eigenvalue weighted by atomic mass is 16.5. The third kappa shape index (κ3) is 2.79. The largest absolute Gasteiger partial charge is 0.457 e. The van der Waals surface area contributed by atoms with Crippen LogP contribution in [0.3, 0.4) is 0 Å². The molecule has 0 aromatic heterocycles. The summed E-state index contributed by atoms with van der Waals surface area (Å²) in [5.74, 6) is -0.166. The molecule has 3 aliphatic rings. The maximum absolute atomic E-state index is 11.6. The van der Waals surface area contributed by atoms with Crippen LogP contribution in [0.5, 0.6) is 0 Å². The van der Waals surface area contributed by atoms with Crippen molar-refractivity contribution >= 4 is 5.97 Å². The number of cyclic esters (lactones) is 1. The normalized spacial score (nSPS) is 23.3. The van der Waals surface area contributed by atoms with Crippen molar-refractivity contribution < 1.29 is 9.53 Å². The van der Waals surface area contributed by atoms with Gasteiger partial charge in [0, 0.05) is 18.7 Å². The zero-order chi connectivity index (χ0) is 15.9. The van der Waals surface area contributed by atoms with Crippen LogP contribution in [0.4, 0.5) is 0 Å². The first-order valence-electron chi connectivity index (χ1n) is 8.88. The van der Waals surface area contributed by atoms with E-state index in [4.69, 9.17) is 4.74 Å². The first-order chi connectivity index (χ1) is 11.2. The highest BCUT2D eigenvalue weighted by Crippen LogP contribution is 2.37. The predicted octanol–water partition coefficient (Wildman–Crippen LogP) is 2.28. The van der Waals surface area contributed by atoms with Crippen molar-refractivity contribution in [2.45, 2.75) is 39.2 Å². The van der Waals surface area contributed by atoms with Crippen LogP contribution in [0.2, 0.25) is 0 Å². The molecule has 4 rings (SSSR count). The quantitative estimate of drug-likeness (QED) is 0.869. The molecule has 0 atom stereocenters. The van der Waals surface area contributed by atoms with E-state index in [-0.39, 0.29) is 5.97 Å². The molecule has 23 heavy (non-hydrogen) atoms. The molecular formula is C19H26N2O2. The summed E-state index contributed by atoms with van der Waals surface area (Å²) in [7, 11) is 0. The van der Waals surface area contributed by atoms with E-state index in [9.17, 15) is 4.79 Å². The van der Waals surface area contributed by atoms with Gasteiger partial charge in [-0.25, -0.2) is 4.79 Å². The molecule has 1 aromatic rings. The molecule has 4 heteroatoms. The van der Waals surface area contributed by atoms with Gasteiger partial charge in [-0.15, -0.1) is 0 Å². The highest BCUT2D eigenvalue weighted by Gasteiger charge is 2.36. The van der Waals surface area contributed by atoms with Crippen LogP contribution >= 0.6 is 0 Å². The van der Waals surface area contributed by atoms with Gasteiger partial charge in [0.2, 0.25) is 0 Å². The van der Waals surface area contributed by atoms with Gasteiger partial charge in [-0.1, -0.05) is 6.07 Å². The van der Waals surface area contributed by atoms with Crippen molar-refractivity contribution in [2.24, 2.45) is 5.41 Å². The number of ether oxygens (including phenoxy) is 1. The minimum atomic E-state index is -0.166. The number of nitrogens with one attached hydrogen (secondary N) is 1. The molecule has 2 fully saturated rings. The monoisotopic (exact) mass is 314 g/mol. The molecule has 4 nitrogen and oxygen atoms in total. The summed E-state index contributed by atoms with van der Waals surface area (Å²) >= 11 is 0. The molecule has 0 radical (unpaired) electrons. The number of nitrogens with zero attached hydrogens (tertiary/aromatic N) is 1. The Balaban J connectivity index is 1.36. The van der Waals surface area contributed by atoms with E-state index in [2.05, 4.69) is 23.2 Å². The van der Waals surface area contributed by atoms with Crippen molar-refractivity contribution in [2.75, 3.05) is 32.7 Å². The average Bonchev–Trinajstić information content (AvgIpc) is 3.17. The minimum absolute atomic E-state index is 0.166. The van der Waals surface area contributed by atoms with Gasteiger partial charge in [0.1, 0.15) is 6.61 Å². The van der Waals surface area contributed by atoms with E-state index in [1.165, 1.54) is 56.6 Å². The van der Waals surface area contributed by atoms with Gasteiger partial charge in [-0.3, -0.25) is 0 Å². The van der Waals surface area contributed by atoms with Gasteiger partial charge in [0.25, 0.3) is 0 Å². The van der Waals surface area contributed by atoms with Crippen LogP contribution in [0, 0.1) is 12.3 Å². The van der Waals surface area contributed by atoms with Gasteiger partial charge < -0.3 is 15.0 Å². The van der Waals surface area contributed by atoms with E-state index < -0.39 is 0 Å². The second kappa shape index (κ2) is 5.91. The Morgan fingerprint density at radius 1 is 1.26 bits per heavy atom. The summed E-state index contributed by atoms with van der Waals surface area (Å²) in [6.45, 7) is 8.59. The standard InChI is InChI=1S/C19H26N2O2/c1-14-15(2-3-16-17(14)12-23-18(16)22)4-9-21-10-6-19(7-11-21)5-8-20-13-19/h2-3,20H,4-13H2,1H3. The number of rotatable bonds is 3. The first-order valence-corrected chi connectivity index (χ1v) is 8.88. The molecule has 124 valence electrons. The fourth-order valence-electron chi connectivity index (χ4n) is 4.42. The van der Waals surface area contributed by atoms with Gasteiger partial charge in [-0.2, -0.15) is 0 Å². The lowest BCUT2D eigenvalue weighted by Gasteiger charge is -2.39. The van der Waals surface area contributed by atoms with Crippen molar-refractivity contribution in [3.8, 4) is 0 Å². The average molecular weight is 314 g/mol. The molecule has 0 saturated carbocycles. The van der Waals surface area contributed by atoms with Crippen molar-refractivity contribution in [3.63, 3.8) is 0 Å². The Labute approximate surface area is 138 Å². The molecule has 1 spiro atoms. The first kappa shape index (κ1) is 15.2. The van der Waals surface area contributed by atoms with Crippen LogP contribution in [0.1, 0.15) is 46.3 Å². The molecule has 0 unspecified atom stereocenters. The van der Waals surface area contributed by atoms with E-state index in [1.807, 2.05) is 6.07 Å². The molecule has 0 amide bonds. The number of fused-ring (bicyclic) bond motifs is 1. The summed E-state index contributed by atoms with van der Waals surface area (Å²) in [5, 5.41) is 3.53. The molecule has 3 heterocycles. The van der Waals surface area contributed by atoms with E-state index in [0.717, 1.165) is 24.1 Å². The maximum atomic E-state index is 11.6. The summed E-state index contributed by atoms with van der Waals surface area (Å²) < 4.78 is 5.15.